The van der Waals surface area contributed by atoms with Gasteiger partial charge >= 0.3 is 6.18 Å². The first-order valence-electron chi connectivity index (χ1n) is 7.39. The molecule has 0 amide bonds. The molecule has 1 saturated heterocycles. The Morgan fingerprint density at radius 3 is 2.25 bits per heavy atom. The molecule has 0 bridgehead atoms. The van der Waals surface area contributed by atoms with Crippen molar-refractivity contribution in [3.63, 3.8) is 0 Å². The van der Waals surface area contributed by atoms with Gasteiger partial charge in [0.05, 0.1) is 12.3 Å². The number of sulfonamides is 1. The Morgan fingerprint density at radius 2 is 1.83 bits per heavy atom. The highest BCUT2D eigenvalue weighted by atomic mass is 127. The number of aliphatic imine (C=N–C) groups is 1. The van der Waals surface area contributed by atoms with Gasteiger partial charge in [-0.2, -0.15) is 13.2 Å². The zero-order valence-electron chi connectivity index (χ0n) is 13.7. The van der Waals surface area contributed by atoms with Gasteiger partial charge in [0.1, 0.15) is 6.04 Å². The summed E-state index contributed by atoms with van der Waals surface area (Å²) in [5.41, 5.74) is 0. The lowest BCUT2D eigenvalue weighted by atomic mass is 10.2. The second kappa shape index (κ2) is 9.97. The first kappa shape index (κ1) is 23.7. The Balaban J connectivity index is 0.00000529. The summed E-state index contributed by atoms with van der Waals surface area (Å²) in [5, 5.41) is 7.93. The molecule has 0 spiro atoms. The van der Waals surface area contributed by atoms with E-state index in [0.29, 0.717) is 25.6 Å². The van der Waals surface area contributed by atoms with Gasteiger partial charge in [-0.25, -0.2) is 13.6 Å². The Morgan fingerprint density at radius 1 is 1.29 bits per heavy atom. The first-order valence-corrected chi connectivity index (χ1v) is 9.10. The second-order valence-electron chi connectivity index (χ2n) is 5.34. The summed E-state index contributed by atoms with van der Waals surface area (Å²) in [6, 6.07) is -1.48. The van der Waals surface area contributed by atoms with Crippen LogP contribution in [0.15, 0.2) is 4.99 Å². The van der Waals surface area contributed by atoms with Crippen LogP contribution in [-0.2, 0) is 10.0 Å². The maximum Gasteiger partial charge on any atom is 0.403 e. The third-order valence-corrected chi connectivity index (χ3v) is 4.36. The van der Waals surface area contributed by atoms with E-state index in [1.807, 2.05) is 11.8 Å². The van der Waals surface area contributed by atoms with Crippen molar-refractivity contribution in [2.24, 2.45) is 10.1 Å². The third-order valence-electron chi connectivity index (χ3n) is 3.61. The van der Waals surface area contributed by atoms with Crippen LogP contribution in [0.1, 0.15) is 13.8 Å². The number of rotatable bonds is 5. The van der Waals surface area contributed by atoms with Gasteiger partial charge in [0.25, 0.3) is 0 Å². The van der Waals surface area contributed by atoms with E-state index >= 15 is 0 Å². The summed E-state index contributed by atoms with van der Waals surface area (Å²) in [6.45, 7) is 4.91. The minimum absolute atomic E-state index is 0. The fourth-order valence-electron chi connectivity index (χ4n) is 2.23. The van der Waals surface area contributed by atoms with Gasteiger partial charge in [0.15, 0.2) is 5.96 Å². The van der Waals surface area contributed by atoms with Crippen molar-refractivity contribution in [1.82, 2.24) is 15.1 Å². The van der Waals surface area contributed by atoms with Gasteiger partial charge in [-0.05, 0) is 13.8 Å². The third kappa shape index (κ3) is 8.16. The van der Waals surface area contributed by atoms with E-state index in [1.165, 1.54) is 4.90 Å². The van der Waals surface area contributed by atoms with Gasteiger partial charge in [0.2, 0.25) is 10.0 Å². The predicted octanol–water partition coefficient (Wildman–Crippen LogP) is 0.427. The van der Waals surface area contributed by atoms with E-state index in [1.54, 1.807) is 0 Å². The molecular formula is C12H25F3IN5O2S. The van der Waals surface area contributed by atoms with Crippen LogP contribution >= 0.6 is 24.0 Å². The molecule has 0 aromatic heterocycles. The number of nitrogens with one attached hydrogen (secondary N) is 1. The summed E-state index contributed by atoms with van der Waals surface area (Å²) < 4.78 is 60.0. The van der Waals surface area contributed by atoms with Gasteiger partial charge in [0, 0.05) is 32.7 Å². The first-order chi connectivity index (χ1) is 10.5. The normalized spacial score (nSPS) is 18.9. The maximum absolute atomic E-state index is 12.7. The van der Waals surface area contributed by atoms with E-state index in [-0.39, 0.29) is 49.4 Å². The van der Waals surface area contributed by atoms with Crippen LogP contribution in [-0.4, -0.2) is 81.4 Å². The topological polar surface area (TPSA) is 91.0 Å². The smallest absolute Gasteiger partial charge is 0.357 e. The number of hydrogen-bond acceptors (Lipinski definition) is 4. The highest BCUT2D eigenvalue weighted by molar-refractivity contribution is 14.0. The van der Waals surface area contributed by atoms with Crippen molar-refractivity contribution >= 4 is 40.0 Å². The Bertz CT molecular complexity index is 507. The number of nitrogens with zero attached hydrogens (tertiary/aromatic N) is 3. The summed E-state index contributed by atoms with van der Waals surface area (Å²) in [6.07, 6.45) is -4.24. The molecular weight excluding hydrogens is 462 g/mol. The standard InChI is InChI=1S/C12H24F3N5O2S.HI/c1-3-17-11(18-4-9-23(16,21)22)20-7-5-19(6-8-20)10(2)12(13,14)15;/h10H,3-9H2,1-2H3,(H,17,18)(H2,16,21,22);1H. The molecule has 1 fully saturated rings. The quantitative estimate of drug-likeness (QED) is 0.334. The van der Waals surface area contributed by atoms with E-state index in [4.69, 9.17) is 5.14 Å². The second-order valence-corrected chi connectivity index (χ2v) is 7.08. The summed E-state index contributed by atoms with van der Waals surface area (Å²) in [5.74, 6) is 0.225. The monoisotopic (exact) mass is 487 g/mol. The number of nitrogens with two attached hydrogens (primary N) is 1. The van der Waals surface area contributed by atoms with Crippen molar-refractivity contribution in [3.05, 3.63) is 0 Å². The SMILES string of the molecule is CCNC(=NCCS(N)(=O)=O)N1CCN(C(C)C(F)(F)F)CC1.I. The van der Waals surface area contributed by atoms with Crippen LogP contribution in [0, 0.1) is 0 Å². The minimum atomic E-state index is -4.24. The molecule has 7 nitrogen and oxygen atoms in total. The van der Waals surface area contributed by atoms with Crippen LogP contribution in [0.3, 0.4) is 0 Å². The fraction of sp³-hybridized carbons (Fsp3) is 0.917. The number of halogens is 4. The Labute approximate surface area is 157 Å². The van der Waals surface area contributed by atoms with Crippen molar-refractivity contribution in [1.29, 1.82) is 0 Å². The zero-order chi connectivity index (χ0) is 17.7. The van der Waals surface area contributed by atoms with Crippen LogP contribution < -0.4 is 10.5 Å². The van der Waals surface area contributed by atoms with E-state index < -0.39 is 22.2 Å². The van der Waals surface area contributed by atoms with Crippen LogP contribution in [0.4, 0.5) is 13.2 Å². The lowest BCUT2D eigenvalue weighted by Crippen LogP contribution is -2.56. The lowest BCUT2D eigenvalue weighted by molar-refractivity contribution is -0.181. The van der Waals surface area contributed by atoms with Crippen LogP contribution in [0.25, 0.3) is 0 Å². The molecule has 1 rings (SSSR count). The van der Waals surface area contributed by atoms with E-state index in [2.05, 4.69) is 10.3 Å². The molecule has 3 N–H and O–H groups in total. The van der Waals surface area contributed by atoms with Crippen LogP contribution in [0.2, 0.25) is 0 Å². The average molecular weight is 487 g/mol. The summed E-state index contributed by atoms with van der Waals surface area (Å²) in [7, 11) is -3.59. The Kier molecular flexibility index (Phi) is 9.83. The van der Waals surface area contributed by atoms with E-state index in [0.717, 1.165) is 6.92 Å². The number of primary sulfonamides is 1. The molecule has 0 radical (unpaired) electrons. The Hall–Kier alpha value is -0.340. The maximum atomic E-state index is 12.7. The molecule has 1 atom stereocenters. The van der Waals surface area contributed by atoms with Gasteiger partial charge in [-0.15, -0.1) is 24.0 Å². The molecule has 12 heteroatoms. The van der Waals surface area contributed by atoms with Gasteiger partial charge < -0.3 is 10.2 Å². The zero-order valence-corrected chi connectivity index (χ0v) is 16.9. The molecule has 0 aliphatic carbocycles. The largest absolute Gasteiger partial charge is 0.403 e. The molecule has 1 unspecified atom stereocenters. The van der Waals surface area contributed by atoms with E-state index in [9.17, 15) is 21.6 Å². The molecule has 144 valence electrons. The van der Waals surface area contributed by atoms with Crippen molar-refractivity contribution in [3.8, 4) is 0 Å². The number of piperazine rings is 1. The van der Waals surface area contributed by atoms with Crippen molar-refractivity contribution in [2.45, 2.75) is 26.1 Å². The fourth-order valence-corrected chi connectivity index (χ4v) is 2.58. The van der Waals surface area contributed by atoms with Gasteiger partial charge in [-0.3, -0.25) is 9.89 Å². The highest BCUT2D eigenvalue weighted by Gasteiger charge is 2.41. The predicted molar refractivity (Wildman–Crippen MR) is 98.0 cm³/mol. The lowest BCUT2D eigenvalue weighted by Gasteiger charge is -2.39. The summed E-state index contributed by atoms with van der Waals surface area (Å²) in [4.78, 5) is 7.38. The molecule has 1 aliphatic rings. The highest BCUT2D eigenvalue weighted by Crippen LogP contribution is 2.25. The van der Waals surface area contributed by atoms with Gasteiger partial charge in [-0.1, -0.05) is 0 Å². The van der Waals surface area contributed by atoms with Crippen LogP contribution in [0.5, 0.6) is 0 Å². The molecule has 1 aliphatic heterocycles. The molecule has 24 heavy (non-hydrogen) atoms. The molecule has 0 saturated carbocycles. The number of alkyl halides is 3. The number of hydrogen-bond donors (Lipinski definition) is 2. The molecule has 0 aromatic carbocycles. The number of guanidine groups is 1. The summed E-state index contributed by atoms with van der Waals surface area (Å²) >= 11 is 0. The van der Waals surface area contributed by atoms with Crippen molar-refractivity contribution < 1.29 is 21.6 Å². The minimum Gasteiger partial charge on any atom is -0.357 e. The molecule has 1 heterocycles. The average Bonchev–Trinajstić information content (AvgIpc) is 2.43. The molecule has 0 aromatic rings. The van der Waals surface area contributed by atoms with Crippen molar-refractivity contribution in [2.75, 3.05) is 45.0 Å².